The van der Waals surface area contributed by atoms with E-state index in [9.17, 15) is 23.2 Å². The van der Waals surface area contributed by atoms with Crippen molar-refractivity contribution in [2.24, 2.45) is 0 Å². The predicted molar refractivity (Wildman–Crippen MR) is 114 cm³/mol. The summed E-state index contributed by atoms with van der Waals surface area (Å²) in [4.78, 5) is 0. The van der Waals surface area contributed by atoms with Crippen LogP contribution in [0, 0.1) is 0 Å². The van der Waals surface area contributed by atoms with Crippen molar-refractivity contribution >= 4 is 56.5 Å². The lowest BCUT2D eigenvalue weighted by Gasteiger charge is -2.34. The molecule has 0 radical (unpaired) electrons. The minimum absolute atomic E-state index is 0.0416. The normalized spacial score (nSPS) is 13.8. The smallest absolute Gasteiger partial charge is 0.283 e. The summed E-state index contributed by atoms with van der Waals surface area (Å²) in [5.74, 6) is -1.51. The quantitative estimate of drug-likeness (QED) is 0.239. The highest BCUT2D eigenvalue weighted by molar-refractivity contribution is 7.87. The van der Waals surface area contributed by atoms with E-state index in [1.165, 1.54) is 36.4 Å². The maximum absolute atomic E-state index is 13.0. The van der Waals surface area contributed by atoms with Crippen LogP contribution in [0.2, 0.25) is 20.1 Å². The summed E-state index contributed by atoms with van der Waals surface area (Å²) >= 11 is 24.5. The monoisotopic (exact) mass is 492 g/mol. The molecule has 0 heterocycles. The Hall–Kier alpha value is -1.67. The standard InChI is InChI=1S/C19H12Cl4O5S/c20-11-5-10(6-12(21)7-11)19(29(26,27)28,14-3-1-2-4-16(14)23)15-8-13(22)9-17(24)18(15)25/h1-9,24-25H,(H,26,27,28). The molecule has 5 nitrogen and oxygen atoms in total. The Labute approximate surface area is 186 Å². The van der Waals surface area contributed by atoms with E-state index in [1.807, 2.05) is 0 Å². The van der Waals surface area contributed by atoms with E-state index in [-0.39, 0.29) is 31.2 Å². The molecule has 0 aliphatic heterocycles. The molecule has 29 heavy (non-hydrogen) atoms. The molecule has 0 aromatic heterocycles. The van der Waals surface area contributed by atoms with E-state index >= 15 is 0 Å². The van der Waals surface area contributed by atoms with Crippen molar-refractivity contribution in [2.75, 3.05) is 0 Å². The van der Waals surface area contributed by atoms with Crippen LogP contribution in [0.5, 0.6) is 11.5 Å². The van der Waals surface area contributed by atoms with Gasteiger partial charge in [0.2, 0.25) is 0 Å². The number of hydrogen-bond acceptors (Lipinski definition) is 4. The van der Waals surface area contributed by atoms with Gasteiger partial charge in [-0.25, -0.2) is 0 Å². The van der Waals surface area contributed by atoms with Gasteiger partial charge in [0, 0.05) is 37.3 Å². The van der Waals surface area contributed by atoms with Crippen LogP contribution in [0.3, 0.4) is 0 Å². The van der Waals surface area contributed by atoms with Crippen LogP contribution in [-0.2, 0) is 14.9 Å². The highest BCUT2D eigenvalue weighted by Gasteiger charge is 2.52. The zero-order valence-electron chi connectivity index (χ0n) is 14.3. The molecule has 3 aromatic rings. The van der Waals surface area contributed by atoms with Gasteiger partial charge in [-0.15, -0.1) is 0 Å². The fraction of sp³-hybridized carbons (Fsp3) is 0.0526. The first-order valence-corrected chi connectivity index (χ1v) is 10.8. The molecule has 0 amide bonds. The number of halogens is 4. The van der Waals surface area contributed by atoms with E-state index in [1.54, 1.807) is 6.07 Å². The molecule has 1 atom stereocenters. The second-order valence-electron chi connectivity index (χ2n) is 6.12. The molecule has 0 aliphatic carbocycles. The fourth-order valence-corrected chi connectivity index (χ4v) is 5.62. The second-order valence-corrected chi connectivity index (χ2v) is 9.39. The van der Waals surface area contributed by atoms with Gasteiger partial charge < -0.3 is 10.2 Å². The number of benzene rings is 3. The maximum atomic E-state index is 13.0. The predicted octanol–water partition coefficient (Wildman–Crippen LogP) is 5.89. The highest BCUT2D eigenvalue weighted by Crippen LogP contribution is 2.52. The first-order valence-electron chi connectivity index (χ1n) is 7.89. The fourth-order valence-electron chi connectivity index (χ4n) is 3.24. The summed E-state index contributed by atoms with van der Waals surface area (Å²) in [5, 5.41) is 20.7. The molecule has 3 rings (SSSR count). The Morgan fingerprint density at radius 3 is 1.86 bits per heavy atom. The summed E-state index contributed by atoms with van der Waals surface area (Å²) in [5.41, 5.74) is -0.668. The van der Waals surface area contributed by atoms with Crippen molar-refractivity contribution in [3.63, 3.8) is 0 Å². The average Bonchev–Trinajstić information content (AvgIpc) is 2.59. The number of phenols is 2. The van der Waals surface area contributed by atoms with Gasteiger partial charge in [0.05, 0.1) is 0 Å². The van der Waals surface area contributed by atoms with Crippen LogP contribution in [0.1, 0.15) is 16.7 Å². The molecule has 0 spiro atoms. The largest absolute Gasteiger partial charge is 0.504 e. The minimum atomic E-state index is -5.13. The molecule has 152 valence electrons. The van der Waals surface area contributed by atoms with E-state index in [0.717, 1.165) is 12.1 Å². The first-order chi connectivity index (χ1) is 13.5. The average molecular weight is 494 g/mol. The number of hydrogen-bond donors (Lipinski definition) is 3. The minimum Gasteiger partial charge on any atom is -0.504 e. The number of phenolic OH excluding ortho intramolecular Hbond substituents is 2. The van der Waals surface area contributed by atoms with Crippen molar-refractivity contribution < 1.29 is 23.2 Å². The molecular formula is C19H12Cl4O5S. The summed E-state index contributed by atoms with van der Waals surface area (Å²) in [6, 6.07) is 11.8. The Bertz CT molecular complexity index is 1190. The summed E-state index contributed by atoms with van der Waals surface area (Å²) in [6.45, 7) is 0. The molecule has 0 bridgehead atoms. The van der Waals surface area contributed by atoms with Crippen LogP contribution < -0.4 is 0 Å². The molecular weight excluding hydrogens is 482 g/mol. The molecule has 0 saturated heterocycles. The third-order valence-electron chi connectivity index (χ3n) is 4.34. The van der Waals surface area contributed by atoms with Gasteiger partial charge in [-0.1, -0.05) is 64.6 Å². The summed E-state index contributed by atoms with van der Waals surface area (Å²) < 4.78 is 33.9. The van der Waals surface area contributed by atoms with E-state index < -0.39 is 31.9 Å². The van der Waals surface area contributed by atoms with Crippen molar-refractivity contribution in [3.05, 3.63) is 91.4 Å². The third kappa shape index (κ3) is 3.77. The third-order valence-corrected chi connectivity index (χ3v) is 6.78. The molecule has 0 aliphatic rings. The number of aromatic hydroxyl groups is 2. The van der Waals surface area contributed by atoms with Crippen molar-refractivity contribution in [1.29, 1.82) is 0 Å². The Morgan fingerprint density at radius 1 is 0.759 bits per heavy atom. The van der Waals surface area contributed by atoms with Crippen LogP contribution in [0.4, 0.5) is 0 Å². The zero-order chi connectivity index (χ0) is 21.6. The first kappa shape index (κ1) is 22.0. The van der Waals surface area contributed by atoms with Gasteiger partial charge in [-0.3, -0.25) is 4.55 Å². The van der Waals surface area contributed by atoms with Crippen LogP contribution in [-0.4, -0.2) is 23.2 Å². The van der Waals surface area contributed by atoms with Crippen molar-refractivity contribution in [2.45, 2.75) is 4.75 Å². The zero-order valence-corrected chi connectivity index (χ0v) is 18.1. The van der Waals surface area contributed by atoms with E-state index in [2.05, 4.69) is 0 Å². The van der Waals surface area contributed by atoms with Gasteiger partial charge in [-0.2, -0.15) is 8.42 Å². The van der Waals surface area contributed by atoms with Gasteiger partial charge >= 0.3 is 0 Å². The lowest BCUT2D eigenvalue weighted by Crippen LogP contribution is -2.38. The highest BCUT2D eigenvalue weighted by atomic mass is 35.5. The Balaban J connectivity index is 2.65. The van der Waals surface area contributed by atoms with Gasteiger partial charge in [0.25, 0.3) is 10.1 Å². The van der Waals surface area contributed by atoms with Crippen LogP contribution in [0.15, 0.2) is 54.6 Å². The van der Waals surface area contributed by atoms with E-state index in [4.69, 9.17) is 46.4 Å². The van der Waals surface area contributed by atoms with Gasteiger partial charge in [-0.05, 0) is 35.9 Å². The summed E-state index contributed by atoms with van der Waals surface area (Å²) in [7, 11) is -5.13. The van der Waals surface area contributed by atoms with Crippen LogP contribution >= 0.6 is 46.4 Å². The second kappa shape index (κ2) is 7.87. The Morgan fingerprint density at radius 2 is 1.31 bits per heavy atom. The topological polar surface area (TPSA) is 94.8 Å². The molecule has 10 heteroatoms. The lowest BCUT2D eigenvalue weighted by atomic mass is 9.83. The molecule has 0 saturated carbocycles. The maximum Gasteiger partial charge on any atom is 0.283 e. The van der Waals surface area contributed by atoms with Gasteiger partial charge in [0.15, 0.2) is 16.2 Å². The SMILES string of the molecule is O=S(=O)(O)C(c1cc(Cl)cc(Cl)c1)(c1ccccc1Cl)c1cc(Cl)cc(O)c1O. The lowest BCUT2D eigenvalue weighted by molar-refractivity contribution is 0.394. The van der Waals surface area contributed by atoms with Crippen molar-refractivity contribution in [3.8, 4) is 11.5 Å². The molecule has 1 unspecified atom stereocenters. The van der Waals surface area contributed by atoms with Crippen molar-refractivity contribution in [1.82, 2.24) is 0 Å². The van der Waals surface area contributed by atoms with Gasteiger partial charge in [0.1, 0.15) is 0 Å². The number of rotatable bonds is 4. The summed E-state index contributed by atoms with van der Waals surface area (Å²) in [6.07, 6.45) is 0. The molecule has 0 fully saturated rings. The van der Waals surface area contributed by atoms with E-state index in [0.29, 0.717) is 0 Å². The van der Waals surface area contributed by atoms with Crippen LogP contribution in [0.25, 0.3) is 0 Å². The molecule has 3 aromatic carbocycles. The molecule has 3 N–H and O–H groups in total. The Kier molecular flexibility index (Phi) is 5.98.